The Kier molecular flexibility index (Phi) is 3.15. The maximum Gasteiger partial charge on any atom is 0.112 e. The second kappa shape index (κ2) is 4.94. The lowest BCUT2D eigenvalue weighted by atomic mass is 10.0. The van der Waals surface area contributed by atoms with Crippen molar-refractivity contribution in [2.75, 3.05) is 0 Å². The SMILES string of the molecule is Cn1ccnc1Cc1ccccc1CNC1CC1. The second-order valence-electron chi connectivity index (χ2n) is 5.06. The summed E-state index contributed by atoms with van der Waals surface area (Å²) in [5.41, 5.74) is 2.77. The van der Waals surface area contributed by atoms with Crippen LogP contribution in [0.5, 0.6) is 0 Å². The van der Waals surface area contributed by atoms with Gasteiger partial charge in [-0.25, -0.2) is 4.98 Å². The molecule has 1 aromatic heterocycles. The molecule has 18 heavy (non-hydrogen) atoms. The smallest absolute Gasteiger partial charge is 0.112 e. The number of hydrogen-bond acceptors (Lipinski definition) is 2. The molecule has 0 bridgehead atoms. The highest BCUT2D eigenvalue weighted by Crippen LogP contribution is 2.20. The number of hydrogen-bond donors (Lipinski definition) is 1. The highest BCUT2D eigenvalue weighted by Gasteiger charge is 2.20. The van der Waals surface area contributed by atoms with Gasteiger partial charge in [-0.3, -0.25) is 0 Å². The standard InChI is InChI=1S/C15H19N3/c1-18-9-8-16-15(18)10-12-4-2-3-5-13(12)11-17-14-6-7-14/h2-5,8-9,14,17H,6-7,10-11H2,1H3. The van der Waals surface area contributed by atoms with Gasteiger partial charge in [0.15, 0.2) is 0 Å². The van der Waals surface area contributed by atoms with E-state index >= 15 is 0 Å². The number of aryl methyl sites for hydroxylation is 1. The van der Waals surface area contributed by atoms with Crippen LogP contribution in [0.15, 0.2) is 36.7 Å². The van der Waals surface area contributed by atoms with E-state index in [1.807, 2.05) is 19.4 Å². The van der Waals surface area contributed by atoms with E-state index in [2.05, 4.69) is 39.1 Å². The summed E-state index contributed by atoms with van der Waals surface area (Å²) in [4.78, 5) is 4.40. The average Bonchev–Trinajstić information content (AvgIpc) is 3.13. The number of benzene rings is 1. The van der Waals surface area contributed by atoms with Gasteiger partial charge >= 0.3 is 0 Å². The van der Waals surface area contributed by atoms with E-state index in [0.717, 1.165) is 24.8 Å². The third-order valence-corrected chi connectivity index (χ3v) is 3.55. The van der Waals surface area contributed by atoms with E-state index in [4.69, 9.17) is 0 Å². The summed E-state index contributed by atoms with van der Waals surface area (Å²) < 4.78 is 2.09. The van der Waals surface area contributed by atoms with Crippen molar-refractivity contribution in [2.24, 2.45) is 7.05 Å². The predicted octanol–water partition coefficient (Wildman–Crippen LogP) is 2.26. The van der Waals surface area contributed by atoms with Gasteiger partial charge in [-0.15, -0.1) is 0 Å². The lowest BCUT2D eigenvalue weighted by molar-refractivity contribution is 0.682. The summed E-state index contributed by atoms with van der Waals surface area (Å²) >= 11 is 0. The third kappa shape index (κ3) is 2.62. The molecule has 1 fully saturated rings. The van der Waals surface area contributed by atoms with Crippen LogP contribution in [0.3, 0.4) is 0 Å². The fourth-order valence-electron chi connectivity index (χ4n) is 2.18. The van der Waals surface area contributed by atoms with E-state index in [1.165, 1.54) is 24.0 Å². The first-order chi connectivity index (χ1) is 8.83. The van der Waals surface area contributed by atoms with Crippen LogP contribution in [-0.4, -0.2) is 15.6 Å². The Balaban J connectivity index is 1.75. The van der Waals surface area contributed by atoms with Crippen LogP contribution in [0.25, 0.3) is 0 Å². The Morgan fingerprint density at radius 2 is 2.06 bits per heavy atom. The van der Waals surface area contributed by atoms with Crippen LogP contribution >= 0.6 is 0 Å². The van der Waals surface area contributed by atoms with E-state index in [0.29, 0.717) is 0 Å². The molecule has 94 valence electrons. The Labute approximate surface area is 108 Å². The second-order valence-corrected chi connectivity index (χ2v) is 5.06. The molecule has 3 rings (SSSR count). The van der Waals surface area contributed by atoms with Crippen molar-refractivity contribution in [2.45, 2.75) is 31.8 Å². The van der Waals surface area contributed by atoms with Gasteiger partial charge in [-0.05, 0) is 24.0 Å². The molecule has 2 aromatic rings. The van der Waals surface area contributed by atoms with Gasteiger partial charge in [-0.1, -0.05) is 24.3 Å². The van der Waals surface area contributed by atoms with Crippen LogP contribution in [0.1, 0.15) is 29.8 Å². The summed E-state index contributed by atoms with van der Waals surface area (Å²) in [5.74, 6) is 1.12. The molecule has 1 aromatic carbocycles. The predicted molar refractivity (Wildman–Crippen MR) is 72.3 cm³/mol. The highest BCUT2D eigenvalue weighted by molar-refractivity contribution is 5.29. The van der Waals surface area contributed by atoms with Crippen molar-refractivity contribution in [3.05, 3.63) is 53.6 Å². The summed E-state index contributed by atoms with van der Waals surface area (Å²) in [6.07, 6.45) is 7.44. The lowest BCUT2D eigenvalue weighted by Crippen LogP contribution is -2.16. The number of rotatable bonds is 5. The quantitative estimate of drug-likeness (QED) is 0.870. The molecule has 1 aliphatic carbocycles. The number of nitrogens with zero attached hydrogens (tertiary/aromatic N) is 2. The Hall–Kier alpha value is -1.61. The fourth-order valence-corrected chi connectivity index (χ4v) is 2.18. The van der Waals surface area contributed by atoms with Gasteiger partial charge in [-0.2, -0.15) is 0 Å². The van der Waals surface area contributed by atoms with Gasteiger partial charge in [0.25, 0.3) is 0 Å². The van der Waals surface area contributed by atoms with Gasteiger partial charge in [0.1, 0.15) is 5.82 Å². The minimum absolute atomic E-state index is 0.756. The first-order valence-corrected chi connectivity index (χ1v) is 6.59. The molecule has 0 aliphatic heterocycles. The molecule has 0 radical (unpaired) electrons. The van der Waals surface area contributed by atoms with Crippen LogP contribution in [-0.2, 0) is 20.0 Å². The summed E-state index contributed by atoms with van der Waals surface area (Å²) in [5, 5.41) is 3.58. The van der Waals surface area contributed by atoms with Crippen LogP contribution in [0.2, 0.25) is 0 Å². The molecule has 0 atom stereocenters. The molecular weight excluding hydrogens is 222 g/mol. The largest absolute Gasteiger partial charge is 0.338 e. The normalized spacial score (nSPS) is 14.9. The highest BCUT2D eigenvalue weighted by atomic mass is 15.0. The maximum atomic E-state index is 4.40. The van der Waals surface area contributed by atoms with E-state index in [1.54, 1.807) is 0 Å². The van der Waals surface area contributed by atoms with E-state index in [-0.39, 0.29) is 0 Å². The fraction of sp³-hybridized carbons (Fsp3) is 0.400. The molecule has 3 nitrogen and oxygen atoms in total. The summed E-state index contributed by atoms with van der Waals surface area (Å²) in [6.45, 7) is 0.977. The van der Waals surface area contributed by atoms with Crippen molar-refractivity contribution in [1.82, 2.24) is 14.9 Å². The molecule has 1 saturated carbocycles. The first-order valence-electron chi connectivity index (χ1n) is 6.59. The lowest BCUT2D eigenvalue weighted by Gasteiger charge is -2.10. The van der Waals surface area contributed by atoms with Crippen LogP contribution < -0.4 is 5.32 Å². The molecular formula is C15H19N3. The number of aromatic nitrogens is 2. The monoisotopic (exact) mass is 241 g/mol. The van der Waals surface area contributed by atoms with Gasteiger partial charge < -0.3 is 9.88 Å². The Morgan fingerprint density at radius 3 is 2.72 bits per heavy atom. The van der Waals surface area contributed by atoms with Gasteiger partial charge in [0.05, 0.1) is 0 Å². The van der Waals surface area contributed by atoms with Crippen molar-refractivity contribution in [1.29, 1.82) is 0 Å². The van der Waals surface area contributed by atoms with Gasteiger partial charge in [0, 0.05) is 38.4 Å². The van der Waals surface area contributed by atoms with Gasteiger partial charge in [0.2, 0.25) is 0 Å². The first kappa shape index (κ1) is 11.5. The molecule has 0 amide bonds. The zero-order chi connectivity index (χ0) is 12.4. The van der Waals surface area contributed by atoms with Crippen molar-refractivity contribution < 1.29 is 0 Å². The van der Waals surface area contributed by atoms with E-state index < -0.39 is 0 Å². The Morgan fingerprint density at radius 1 is 1.28 bits per heavy atom. The van der Waals surface area contributed by atoms with Crippen molar-refractivity contribution in [3.8, 4) is 0 Å². The van der Waals surface area contributed by atoms with Crippen molar-refractivity contribution >= 4 is 0 Å². The van der Waals surface area contributed by atoms with Crippen LogP contribution in [0.4, 0.5) is 0 Å². The molecule has 1 heterocycles. The number of nitrogens with one attached hydrogen (secondary N) is 1. The topological polar surface area (TPSA) is 29.9 Å². The number of imidazole rings is 1. The minimum atomic E-state index is 0.756. The molecule has 1 aliphatic rings. The average molecular weight is 241 g/mol. The van der Waals surface area contributed by atoms with Crippen molar-refractivity contribution in [3.63, 3.8) is 0 Å². The molecule has 0 spiro atoms. The molecule has 0 unspecified atom stereocenters. The molecule has 1 N–H and O–H groups in total. The maximum absolute atomic E-state index is 4.40. The zero-order valence-electron chi connectivity index (χ0n) is 10.8. The summed E-state index contributed by atoms with van der Waals surface area (Å²) in [7, 11) is 2.05. The molecule has 0 saturated heterocycles. The third-order valence-electron chi connectivity index (χ3n) is 3.55. The summed E-state index contributed by atoms with van der Waals surface area (Å²) in [6, 6.07) is 9.41. The molecule has 3 heteroatoms. The zero-order valence-corrected chi connectivity index (χ0v) is 10.8. The minimum Gasteiger partial charge on any atom is -0.338 e. The van der Waals surface area contributed by atoms with E-state index in [9.17, 15) is 0 Å². The van der Waals surface area contributed by atoms with Crippen LogP contribution in [0, 0.1) is 0 Å². The Bertz CT molecular complexity index is 526.